The Morgan fingerprint density at radius 2 is 2.04 bits per heavy atom. The second-order valence-corrected chi connectivity index (χ2v) is 6.69. The molecule has 0 spiro atoms. The number of allylic oxidation sites excluding steroid dienone is 1. The summed E-state index contributed by atoms with van der Waals surface area (Å²) in [6.07, 6.45) is 3.17. The second kappa shape index (κ2) is 7.32. The number of amides is 1. The van der Waals surface area contributed by atoms with E-state index in [0.29, 0.717) is 34.5 Å². The molecule has 0 saturated heterocycles. The Kier molecular flexibility index (Phi) is 4.71. The first-order valence-electron chi connectivity index (χ1n) is 8.57. The van der Waals surface area contributed by atoms with Crippen molar-refractivity contribution in [3.05, 3.63) is 82.1 Å². The van der Waals surface area contributed by atoms with Crippen molar-refractivity contribution in [3.8, 4) is 5.75 Å². The van der Waals surface area contributed by atoms with Gasteiger partial charge in [-0.25, -0.2) is 0 Å². The third-order valence-electron chi connectivity index (χ3n) is 4.18. The van der Waals surface area contributed by atoms with Crippen molar-refractivity contribution in [3.63, 3.8) is 0 Å². The maximum absolute atomic E-state index is 12.3. The van der Waals surface area contributed by atoms with Gasteiger partial charge in [-0.2, -0.15) is 4.99 Å². The number of nitrogens with one attached hydrogen (secondary N) is 1. The SMILES string of the molecule is CC1=CC2=NC(=O)/C(=C\c3ccc(OCc4ccccc4)c(Cl)c3)C(=N)N2O1. The summed E-state index contributed by atoms with van der Waals surface area (Å²) in [5, 5.41) is 9.88. The minimum atomic E-state index is -0.494. The molecule has 1 N–H and O–H groups in total. The number of nitrogens with zero attached hydrogens (tertiary/aromatic N) is 2. The summed E-state index contributed by atoms with van der Waals surface area (Å²) in [5.74, 6) is 0.864. The molecule has 0 radical (unpaired) electrons. The summed E-state index contributed by atoms with van der Waals surface area (Å²) in [6, 6.07) is 15.0. The quantitative estimate of drug-likeness (QED) is 0.782. The molecule has 2 aromatic carbocycles. The summed E-state index contributed by atoms with van der Waals surface area (Å²) >= 11 is 6.33. The average molecular weight is 394 g/mol. The molecule has 2 aliphatic rings. The highest BCUT2D eigenvalue weighted by molar-refractivity contribution is 6.33. The Labute approximate surface area is 166 Å². The minimum Gasteiger partial charge on any atom is -0.487 e. The third-order valence-corrected chi connectivity index (χ3v) is 4.48. The Morgan fingerprint density at radius 1 is 1.25 bits per heavy atom. The van der Waals surface area contributed by atoms with Crippen molar-refractivity contribution >= 4 is 35.3 Å². The summed E-state index contributed by atoms with van der Waals surface area (Å²) < 4.78 is 5.76. The van der Waals surface area contributed by atoms with Gasteiger partial charge in [0, 0.05) is 6.08 Å². The molecule has 0 unspecified atom stereocenters. The number of hydrogen-bond donors (Lipinski definition) is 1. The van der Waals surface area contributed by atoms with Crippen molar-refractivity contribution in [1.82, 2.24) is 5.06 Å². The van der Waals surface area contributed by atoms with Crippen LogP contribution in [0.15, 0.2) is 70.9 Å². The van der Waals surface area contributed by atoms with Gasteiger partial charge in [0.25, 0.3) is 5.91 Å². The number of aliphatic imine (C=N–C) groups is 1. The lowest BCUT2D eigenvalue weighted by molar-refractivity contribution is -0.114. The van der Waals surface area contributed by atoms with Crippen LogP contribution in [-0.2, 0) is 16.2 Å². The van der Waals surface area contributed by atoms with Gasteiger partial charge in [0.2, 0.25) is 0 Å². The van der Waals surface area contributed by atoms with E-state index in [-0.39, 0.29) is 11.4 Å². The number of hydrogen-bond acceptors (Lipinski definition) is 4. The monoisotopic (exact) mass is 393 g/mol. The highest BCUT2D eigenvalue weighted by Crippen LogP contribution is 2.29. The summed E-state index contributed by atoms with van der Waals surface area (Å²) in [5.41, 5.74) is 1.82. The first kappa shape index (κ1) is 18.0. The van der Waals surface area contributed by atoms with Crippen molar-refractivity contribution in [1.29, 1.82) is 5.41 Å². The fourth-order valence-electron chi connectivity index (χ4n) is 2.83. The fourth-order valence-corrected chi connectivity index (χ4v) is 3.07. The van der Waals surface area contributed by atoms with Crippen molar-refractivity contribution < 1.29 is 14.4 Å². The largest absolute Gasteiger partial charge is 0.487 e. The molecule has 0 saturated carbocycles. The Morgan fingerprint density at radius 3 is 2.79 bits per heavy atom. The zero-order valence-corrected chi connectivity index (χ0v) is 15.7. The molecular formula is C21H16ClN3O3. The van der Waals surface area contributed by atoms with Crippen LogP contribution in [0.25, 0.3) is 6.08 Å². The Hall–Kier alpha value is -3.38. The van der Waals surface area contributed by atoms with Crippen LogP contribution in [0.5, 0.6) is 5.75 Å². The van der Waals surface area contributed by atoms with E-state index in [0.717, 1.165) is 5.56 Å². The summed E-state index contributed by atoms with van der Waals surface area (Å²) in [6.45, 7) is 2.14. The lowest BCUT2D eigenvalue weighted by atomic mass is 10.1. The molecule has 2 heterocycles. The van der Waals surface area contributed by atoms with Gasteiger partial charge in [-0.15, -0.1) is 5.06 Å². The van der Waals surface area contributed by atoms with E-state index in [1.165, 1.54) is 5.06 Å². The molecule has 0 fully saturated rings. The number of rotatable bonds is 4. The van der Waals surface area contributed by atoms with Gasteiger partial charge in [0.05, 0.1) is 10.6 Å². The van der Waals surface area contributed by atoms with Crippen molar-refractivity contribution in [2.45, 2.75) is 13.5 Å². The molecule has 28 heavy (non-hydrogen) atoms. The van der Waals surface area contributed by atoms with E-state index in [9.17, 15) is 4.79 Å². The first-order valence-corrected chi connectivity index (χ1v) is 8.95. The summed E-state index contributed by atoms with van der Waals surface area (Å²) in [7, 11) is 0. The summed E-state index contributed by atoms with van der Waals surface area (Å²) in [4.78, 5) is 21.7. The topological polar surface area (TPSA) is 75.0 Å². The van der Waals surface area contributed by atoms with Crippen LogP contribution >= 0.6 is 11.6 Å². The van der Waals surface area contributed by atoms with Gasteiger partial charge in [-0.3, -0.25) is 10.2 Å². The van der Waals surface area contributed by atoms with Gasteiger partial charge in [0.1, 0.15) is 18.1 Å². The molecule has 0 bridgehead atoms. The molecule has 2 aliphatic heterocycles. The predicted molar refractivity (Wildman–Crippen MR) is 107 cm³/mol. The number of halogens is 1. The molecular weight excluding hydrogens is 378 g/mol. The van der Waals surface area contributed by atoms with Crippen LogP contribution in [0.3, 0.4) is 0 Å². The number of hydroxylamine groups is 2. The van der Waals surface area contributed by atoms with Gasteiger partial charge in [-0.05, 0) is 36.3 Å². The first-order chi connectivity index (χ1) is 13.5. The molecule has 0 aromatic heterocycles. The molecule has 1 amide bonds. The van der Waals surface area contributed by atoms with E-state index < -0.39 is 5.91 Å². The minimum absolute atomic E-state index is 0.0661. The van der Waals surface area contributed by atoms with E-state index in [1.54, 1.807) is 37.3 Å². The Balaban J connectivity index is 1.53. The van der Waals surface area contributed by atoms with E-state index in [4.69, 9.17) is 26.6 Å². The van der Waals surface area contributed by atoms with Crippen LogP contribution in [-0.4, -0.2) is 22.6 Å². The maximum Gasteiger partial charge on any atom is 0.282 e. The lowest BCUT2D eigenvalue weighted by Crippen LogP contribution is -2.38. The zero-order chi connectivity index (χ0) is 19.7. The van der Waals surface area contributed by atoms with Crippen molar-refractivity contribution in [2.75, 3.05) is 0 Å². The number of carbonyl (C=O) groups excluding carboxylic acids is 1. The predicted octanol–water partition coefficient (Wildman–Crippen LogP) is 4.37. The van der Waals surface area contributed by atoms with E-state index in [2.05, 4.69) is 4.99 Å². The molecule has 4 rings (SSSR count). The smallest absolute Gasteiger partial charge is 0.282 e. The molecule has 140 valence electrons. The average Bonchev–Trinajstić information content (AvgIpc) is 3.05. The normalized spacial score (nSPS) is 17.2. The molecule has 6 nitrogen and oxygen atoms in total. The van der Waals surface area contributed by atoms with Crippen LogP contribution < -0.4 is 4.74 Å². The van der Waals surface area contributed by atoms with Gasteiger partial charge < -0.3 is 9.57 Å². The number of fused-ring (bicyclic) bond motifs is 1. The number of carbonyl (C=O) groups is 1. The van der Waals surface area contributed by atoms with Crippen LogP contribution in [0, 0.1) is 5.41 Å². The third kappa shape index (κ3) is 3.54. The number of amidine groups is 2. The molecule has 0 aliphatic carbocycles. The highest BCUT2D eigenvalue weighted by atomic mass is 35.5. The lowest BCUT2D eigenvalue weighted by Gasteiger charge is -2.23. The van der Waals surface area contributed by atoms with E-state index in [1.807, 2.05) is 30.3 Å². The Bertz CT molecular complexity index is 1060. The maximum atomic E-state index is 12.3. The van der Waals surface area contributed by atoms with E-state index >= 15 is 0 Å². The van der Waals surface area contributed by atoms with Gasteiger partial charge >= 0.3 is 0 Å². The molecule has 7 heteroatoms. The van der Waals surface area contributed by atoms with Gasteiger partial charge in [0.15, 0.2) is 11.7 Å². The fraction of sp³-hybridized carbons (Fsp3) is 0.0952. The zero-order valence-electron chi connectivity index (χ0n) is 15.0. The number of benzene rings is 2. The van der Waals surface area contributed by atoms with Crippen LogP contribution in [0.4, 0.5) is 0 Å². The van der Waals surface area contributed by atoms with Crippen LogP contribution in [0.2, 0.25) is 5.02 Å². The van der Waals surface area contributed by atoms with Crippen molar-refractivity contribution in [2.24, 2.45) is 4.99 Å². The van der Waals surface area contributed by atoms with Gasteiger partial charge in [-0.1, -0.05) is 48.0 Å². The second-order valence-electron chi connectivity index (χ2n) is 6.29. The molecule has 2 aromatic rings. The number of ether oxygens (including phenoxy) is 1. The highest BCUT2D eigenvalue weighted by Gasteiger charge is 2.34. The standard InChI is InChI=1S/C21H16ClN3O3/c1-13-9-19-24-21(26)16(20(23)25(19)28-13)10-15-7-8-18(17(22)11-15)27-12-14-5-3-2-4-6-14/h2-11,23H,12H2,1H3/b16-10-,23-20?. The van der Waals surface area contributed by atoms with Crippen LogP contribution in [0.1, 0.15) is 18.1 Å². The molecule has 0 atom stereocenters.